The van der Waals surface area contributed by atoms with Crippen LogP contribution < -0.4 is 0 Å². The predicted octanol–water partition coefficient (Wildman–Crippen LogP) is 2.84. The first kappa shape index (κ1) is 14.9. The Balaban J connectivity index is 2.66. The van der Waals surface area contributed by atoms with Gasteiger partial charge < -0.3 is 4.74 Å². The molecule has 1 aromatic carbocycles. The Bertz CT molecular complexity index is 420. The predicted molar refractivity (Wildman–Crippen MR) is 68.8 cm³/mol. The lowest BCUT2D eigenvalue weighted by Gasteiger charge is -2.21. The summed E-state index contributed by atoms with van der Waals surface area (Å²) < 4.78 is 18.0. The van der Waals surface area contributed by atoms with Crippen LogP contribution in [0.2, 0.25) is 5.02 Å². The average Bonchev–Trinajstić information content (AvgIpc) is 2.35. The summed E-state index contributed by atoms with van der Waals surface area (Å²) in [6, 6.07) is 6.47. The zero-order valence-electron chi connectivity index (χ0n) is 10.3. The summed E-state index contributed by atoms with van der Waals surface area (Å²) in [7, 11) is 1.63. The first-order valence-electron chi connectivity index (χ1n) is 5.69. The molecule has 5 heteroatoms. The van der Waals surface area contributed by atoms with Crippen LogP contribution in [0.1, 0.15) is 12.0 Å². The van der Waals surface area contributed by atoms with Crippen molar-refractivity contribution in [3.05, 3.63) is 34.6 Å². The minimum atomic E-state index is -0.343. The molecule has 0 fully saturated rings. The maximum absolute atomic E-state index is 12.9. The molecule has 0 unspecified atom stereocenters. The van der Waals surface area contributed by atoms with Crippen molar-refractivity contribution >= 4 is 11.6 Å². The molecule has 0 saturated carbocycles. The Morgan fingerprint density at radius 3 is 2.83 bits per heavy atom. The molecule has 1 rings (SSSR count). The molecule has 3 nitrogen and oxygen atoms in total. The third kappa shape index (κ3) is 5.01. The number of hydrogen-bond acceptors (Lipinski definition) is 3. The summed E-state index contributed by atoms with van der Waals surface area (Å²) in [6.45, 7) is 2.54. The fraction of sp³-hybridized carbons (Fsp3) is 0.462. The summed E-state index contributed by atoms with van der Waals surface area (Å²) in [5.74, 6) is -0.343. The lowest BCUT2D eigenvalue weighted by Crippen LogP contribution is -2.28. The van der Waals surface area contributed by atoms with Crippen molar-refractivity contribution in [3.63, 3.8) is 0 Å². The molecule has 0 aliphatic carbocycles. The highest BCUT2D eigenvalue weighted by Crippen LogP contribution is 2.19. The molecule has 0 N–H and O–H groups in total. The number of rotatable bonds is 7. The zero-order chi connectivity index (χ0) is 13.4. The van der Waals surface area contributed by atoms with Gasteiger partial charge in [-0.2, -0.15) is 5.26 Å². The van der Waals surface area contributed by atoms with Gasteiger partial charge in [-0.25, -0.2) is 4.39 Å². The van der Waals surface area contributed by atoms with Crippen LogP contribution >= 0.6 is 11.6 Å². The van der Waals surface area contributed by atoms with Crippen molar-refractivity contribution in [2.45, 2.75) is 13.0 Å². The van der Waals surface area contributed by atoms with E-state index in [9.17, 15) is 4.39 Å². The number of halogens is 2. The maximum atomic E-state index is 12.9. The third-order valence-corrected chi connectivity index (χ3v) is 2.91. The molecule has 0 amide bonds. The Morgan fingerprint density at radius 1 is 1.44 bits per heavy atom. The highest BCUT2D eigenvalue weighted by atomic mass is 35.5. The topological polar surface area (TPSA) is 36.3 Å². The van der Waals surface area contributed by atoms with E-state index in [4.69, 9.17) is 21.6 Å². The van der Waals surface area contributed by atoms with E-state index in [1.54, 1.807) is 13.2 Å². The Kier molecular flexibility index (Phi) is 6.66. The van der Waals surface area contributed by atoms with Crippen LogP contribution in [-0.2, 0) is 11.3 Å². The van der Waals surface area contributed by atoms with E-state index in [1.807, 2.05) is 0 Å². The van der Waals surface area contributed by atoms with Gasteiger partial charge in [0.15, 0.2) is 0 Å². The molecule has 0 bridgehead atoms. The molecular weight excluding hydrogens is 255 g/mol. The van der Waals surface area contributed by atoms with Crippen LogP contribution in [0.4, 0.5) is 4.39 Å². The van der Waals surface area contributed by atoms with Gasteiger partial charge in [-0.15, -0.1) is 0 Å². The van der Waals surface area contributed by atoms with Gasteiger partial charge in [-0.3, -0.25) is 4.90 Å². The molecule has 1 aromatic rings. The van der Waals surface area contributed by atoms with Crippen LogP contribution in [0.5, 0.6) is 0 Å². The first-order valence-corrected chi connectivity index (χ1v) is 6.07. The fourth-order valence-corrected chi connectivity index (χ4v) is 1.82. The molecule has 0 aromatic heterocycles. The summed E-state index contributed by atoms with van der Waals surface area (Å²) >= 11 is 5.98. The summed E-state index contributed by atoms with van der Waals surface area (Å²) in [5.41, 5.74) is 0.854. The second-order valence-corrected chi connectivity index (χ2v) is 4.32. The Labute approximate surface area is 112 Å². The van der Waals surface area contributed by atoms with Gasteiger partial charge in [0, 0.05) is 38.2 Å². The van der Waals surface area contributed by atoms with E-state index in [0.717, 1.165) is 5.56 Å². The number of methoxy groups -OCH3 is 1. The Hall–Kier alpha value is -1.15. The van der Waals surface area contributed by atoms with Crippen LogP contribution in [-0.4, -0.2) is 31.7 Å². The molecule has 0 heterocycles. The zero-order valence-corrected chi connectivity index (χ0v) is 11.1. The largest absolute Gasteiger partial charge is 0.383 e. The van der Waals surface area contributed by atoms with Gasteiger partial charge in [0.05, 0.1) is 12.7 Å². The highest BCUT2D eigenvalue weighted by Gasteiger charge is 2.09. The molecule has 0 saturated heterocycles. The van der Waals surface area contributed by atoms with Crippen molar-refractivity contribution in [3.8, 4) is 6.07 Å². The number of ether oxygens (including phenoxy) is 1. The lowest BCUT2D eigenvalue weighted by molar-refractivity contribution is 0.145. The summed E-state index contributed by atoms with van der Waals surface area (Å²) in [5, 5.41) is 9.03. The quantitative estimate of drug-likeness (QED) is 0.764. The van der Waals surface area contributed by atoms with E-state index >= 15 is 0 Å². The van der Waals surface area contributed by atoms with Crippen molar-refractivity contribution < 1.29 is 9.13 Å². The van der Waals surface area contributed by atoms with Crippen molar-refractivity contribution in [1.82, 2.24) is 4.90 Å². The van der Waals surface area contributed by atoms with E-state index in [2.05, 4.69) is 11.0 Å². The number of hydrogen-bond donors (Lipinski definition) is 0. The summed E-state index contributed by atoms with van der Waals surface area (Å²) in [4.78, 5) is 2.06. The second-order valence-electron chi connectivity index (χ2n) is 3.91. The standard InChI is InChI=1S/C13H16ClFN2O/c1-18-8-7-17(6-2-5-16)10-11-3-4-12(15)9-13(11)14/h3-4,9H,2,6-8,10H2,1H3. The van der Waals surface area contributed by atoms with Gasteiger partial charge in [0.2, 0.25) is 0 Å². The molecule has 0 atom stereocenters. The first-order chi connectivity index (χ1) is 8.67. The van der Waals surface area contributed by atoms with Crippen LogP contribution in [0.15, 0.2) is 18.2 Å². The highest BCUT2D eigenvalue weighted by molar-refractivity contribution is 6.31. The SMILES string of the molecule is COCCN(CCC#N)Cc1ccc(F)cc1Cl. The smallest absolute Gasteiger partial charge is 0.124 e. The van der Waals surface area contributed by atoms with Crippen LogP contribution in [0.3, 0.4) is 0 Å². The number of nitriles is 1. The molecule has 98 valence electrons. The minimum absolute atomic E-state index is 0.343. The van der Waals surface area contributed by atoms with Crippen molar-refractivity contribution in [2.75, 3.05) is 26.8 Å². The minimum Gasteiger partial charge on any atom is -0.383 e. The summed E-state index contributed by atoms with van der Waals surface area (Å²) in [6.07, 6.45) is 0.447. The fourth-order valence-electron chi connectivity index (χ4n) is 1.59. The molecule has 0 aliphatic rings. The monoisotopic (exact) mass is 270 g/mol. The van der Waals surface area contributed by atoms with E-state index in [-0.39, 0.29) is 5.82 Å². The van der Waals surface area contributed by atoms with E-state index < -0.39 is 0 Å². The molecule has 0 spiro atoms. The van der Waals surface area contributed by atoms with Gasteiger partial charge in [-0.1, -0.05) is 17.7 Å². The lowest BCUT2D eigenvalue weighted by atomic mass is 10.2. The normalized spacial score (nSPS) is 10.6. The van der Waals surface area contributed by atoms with Crippen LogP contribution in [0.25, 0.3) is 0 Å². The Morgan fingerprint density at radius 2 is 2.22 bits per heavy atom. The van der Waals surface area contributed by atoms with Gasteiger partial charge >= 0.3 is 0 Å². The second kappa shape index (κ2) is 8.04. The molecular formula is C13H16ClFN2O. The van der Waals surface area contributed by atoms with Crippen molar-refractivity contribution in [1.29, 1.82) is 5.26 Å². The van der Waals surface area contributed by atoms with Crippen molar-refractivity contribution in [2.24, 2.45) is 0 Å². The average molecular weight is 271 g/mol. The van der Waals surface area contributed by atoms with Gasteiger partial charge in [0.1, 0.15) is 5.82 Å². The molecule has 18 heavy (non-hydrogen) atoms. The number of nitrogens with zero attached hydrogens (tertiary/aromatic N) is 2. The molecule has 0 aliphatic heterocycles. The third-order valence-electron chi connectivity index (χ3n) is 2.56. The number of benzene rings is 1. The van der Waals surface area contributed by atoms with Crippen LogP contribution in [0, 0.1) is 17.1 Å². The van der Waals surface area contributed by atoms with E-state index in [1.165, 1.54) is 12.1 Å². The molecule has 0 radical (unpaired) electrons. The van der Waals surface area contributed by atoms with Gasteiger partial charge in [0.25, 0.3) is 0 Å². The van der Waals surface area contributed by atoms with Gasteiger partial charge in [-0.05, 0) is 17.7 Å². The van der Waals surface area contributed by atoms with E-state index in [0.29, 0.717) is 37.7 Å². The maximum Gasteiger partial charge on any atom is 0.124 e.